The Bertz CT molecular complexity index is 737. The molecule has 1 N–H and O–H groups in total. The lowest BCUT2D eigenvalue weighted by Crippen LogP contribution is -2.11. The summed E-state index contributed by atoms with van der Waals surface area (Å²) in [7, 11) is 0. The van der Waals surface area contributed by atoms with Gasteiger partial charge in [-0.3, -0.25) is 0 Å². The van der Waals surface area contributed by atoms with E-state index in [2.05, 4.69) is 63.7 Å². The zero-order valence-electron chi connectivity index (χ0n) is 11.6. The second-order valence-electron chi connectivity index (χ2n) is 4.76. The van der Waals surface area contributed by atoms with Gasteiger partial charge in [0.2, 0.25) is 0 Å². The van der Waals surface area contributed by atoms with Crippen LogP contribution in [0.3, 0.4) is 0 Å². The second-order valence-corrected chi connectivity index (χ2v) is 5.67. The first kappa shape index (κ1) is 14.0. The van der Waals surface area contributed by atoms with Crippen LogP contribution in [-0.2, 0) is 0 Å². The highest BCUT2D eigenvalue weighted by atomic mass is 79.9. The van der Waals surface area contributed by atoms with Crippen molar-refractivity contribution in [3.63, 3.8) is 0 Å². The minimum atomic E-state index is 0.625. The quantitative estimate of drug-likeness (QED) is 0.652. The molecule has 0 aliphatic rings. The highest BCUT2D eigenvalue weighted by Gasteiger charge is 1.99. The largest absolute Gasteiger partial charge is 0.492 e. The molecule has 0 spiro atoms. The fourth-order valence-electron chi connectivity index (χ4n) is 2.29. The predicted octanol–water partition coefficient (Wildman–Crippen LogP) is 5.09. The highest BCUT2D eigenvalue weighted by molar-refractivity contribution is 9.10. The highest BCUT2D eigenvalue weighted by Crippen LogP contribution is 2.22. The fraction of sp³-hybridized carbons (Fsp3) is 0.111. The molecule has 0 aliphatic carbocycles. The molecule has 0 fully saturated rings. The van der Waals surface area contributed by atoms with E-state index in [1.807, 2.05) is 24.3 Å². The second kappa shape index (κ2) is 6.64. The van der Waals surface area contributed by atoms with Gasteiger partial charge in [-0.2, -0.15) is 0 Å². The summed E-state index contributed by atoms with van der Waals surface area (Å²) in [5.41, 5.74) is 1.14. The van der Waals surface area contributed by atoms with Gasteiger partial charge in [0.1, 0.15) is 12.4 Å². The van der Waals surface area contributed by atoms with Gasteiger partial charge in [0.05, 0.1) is 0 Å². The Labute approximate surface area is 132 Å². The molecule has 0 amide bonds. The molecule has 0 saturated heterocycles. The maximum atomic E-state index is 5.73. The lowest BCUT2D eigenvalue weighted by atomic mass is 10.1. The van der Waals surface area contributed by atoms with Crippen LogP contribution in [0.2, 0.25) is 0 Å². The molecule has 2 nitrogen and oxygen atoms in total. The normalized spacial score (nSPS) is 10.5. The minimum absolute atomic E-state index is 0.625. The Balaban J connectivity index is 1.60. The molecule has 21 heavy (non-hydrogen) atoms. The summed E-state index contributed by atoms with van der Waals surface area (Å²) >= 11 is 3.44. The summed E-state index contributed by atoms with van der Waals surface area (Å²) in [5, 5.41) is 5.92. The van der Waals surface area contributed by atoms with E-state index in [9.17, 15) is 0 Å². The third kappa shape index (κ3) is 3.56. The molecule has 106 valence electrons. The molecule has 0 radical (unpaired) electrons. The van der Waals surface area contributed by atoms with E-state index in [0.717, 1.165) is 22.5 Å². The van der Waals surface area contributed by atoms with Crippen LogP contribution in [0, 0.1) is 0 Å². The SMILES string of the molecule is Brc1cccc(OCCNc2cccc3ccccc23)c1. The lowest BCUT2D eigenvalue weighted by molar-refractivity contribution is 0.333. The van der Waals surface area contributed by atoms with Crippen LogP contribution in [0.15, 0.2) is 71.2 Å². The van der Waals surface area contributed by atoms with Crippen molar-refractivity contribution in [2.24, 2.45) is 0 Å². The van der Waals surface area contributed by atoms with E-state index in [-0.39, 0.29) is 0 Å². The maximum absolute atomic E-state index is 5.73. The van der Waals surface area contributed by atoms with Gasteiger partial charge in [0.25, 0.3) is 0 Å². The van der Waals surface area contributed by atoms with Crippen molar-refractivity contribution < 1.29 is 4.74 Å². The molecule has 0 atom stereocenters. The summed E-state index contributed by atoms with van der Waals surface area (Å²) in [6.45, 7) is 1.39. The summed E-state index contributed by atoms with van der Waals surface area (Å²) in [6.07, 6.45) is 0. The van der Waals surface area contributed by atoms with E-state index in [1.54, 1.807) is 0 Å². The van der Waals surface area contributed by atoms with Crippen LogP contribution in [-0.4, -0.2) is 13.2 Å². The first-order valence-corrected chi connectivity index (χ1v) is 7.72. The van der Waals surface area contributed by atoms with Crippen molar-refractivity contribution in [3.8, 4) is 5.75 Å². The van der Waals surface area contributed by atoms with Crippen molar-refractivity contribution in [1.82, 2.24) is 0 Å². The van der Waals surface area contributed by atoms with Crippen LogP contribution >= 0.6 is 15.9 Å². The van der Waals surface area contributed by atoms with Crippen LogP contribution in [0.4, 0.5) is 5.69 Å². The van der Waals surface area contributed by atoms with Gasteiger partial charge < -0.3 is 10.1 Å². The van der Waals surface area contributed by atoms with Crippen molar-refractivity contribution in [2.45, 2.75) is 0 Å². The molecule has 0 bridgehead atoms. The molecule has 3 aromatic carbocycles. The zero-order valence-corrected chi connectivity index (χ0v) is 13.1. The van der Waals surface area contributed by atoms with Crippen molar-refractivity contribution in [2.75, 3.05) is 18.5 Å². The first-order valence-electron chi connectivity index (χ1n) is 6.93. The van der Waals surface area contributed by atoms with Gasteiger partial charge in [-0.05, 0) is 29.7 Å². The third-order valence-electron chi connectivity index (χ3n) is 3.27. The van der Waals surface area contributed by atoms with Crippen molar-refractivity contribution >= 4 is 32.4 Å². The number of ether oxygens (including phenoxy) is 1. The van der Waals surface area contributed by atoms with E-state index in [1.165, 1.54) is 10.8 Å². The Morgan fingerprint density at radius 1 is 0.905 bits per heavy atom. The van der Waals surface area contributed by atoms with Crippen LogP contribution < -0.4 is 10.1 Å². The Morgan fingerprint density at radius 3 is 2.62 bits per heavy atom. The molecule has 0 heterocycles. The number of nitrogens with one attached hydrogen (secondary N) is 1. The fourth-order valence-corrected chi connectivity index (χ4v) is 2.67. The minimum Gasteiger partial charge on any atom is -0.492 e. The number of anilines is 1. The van der Waals surface area contributed by atoms with Crippen molar-refractivity contribution in [3.05, 3.63) is 71.2 Å². The van der Waals surface area contributed by atoms with Crippen molar-refractivity contribution in [1.29, 1.82) is 0 Å². The standard InChI is InChI=1S/C18H16BrNO/c19-15-7-4-8-16(13-15)21-12-11-20-18-10-3-6-14-5-1-2-9-17(14)18/h1-10,13,20H,11-12H2. The van der Waals surface area contributed by atoms with Gasteiger partial charge >= 0.3 is 0 Å². The van der Waals surface area contributed by atoms with E-state index >= 15 is 0 Å². The average molecular weight is 342 g/mol. The summed E-state index contributed by atoms with van der Waals surface area (Å²) < 4.78 is 6.76. The van der Waals surface area contributed by atoms with Crippen LogP contribution in [0.25, 0.3) is 10.8 Å². The maximum Gasteiger partial charge on any atom is 0.120 e. The number of rotatable bonds is 5. The number of fused-ring (bicyclic) bond motifs is 1. The van der Waals surface area contributed by atoms with Gasteiger partial charge in [0, 0.05) is 22.1 Å². The predicted molar refractivity (Wildman–Crippen MR) is 92.1 cm³/mol. The molecule has 3 rings (SSSR count). The van der Waals surface area contributed by atoms with Gasteiger partial charge in [-0.25, -0.2) is 0 Å². The van der Waals surface area contributed by atoms with E-state index < -0.39 is 0 Å². The number of halogens is 1. The van der Waals surface area contributed by atoms with Gasteiger partial charge in [-0.1, -0.05) is 58.4 Å². The van der Waals surface area contributed by atoms with Crippen LogP contribution in [0.5, 0.6) is 5.75 Å². The molecular formula is C18H16BrNO. The Hall–Kier alpha value is -2.00. The number of hydrogen-bond donors (Lipinski definition) is 1. The topological polar surface area (TPSA) is 21.3 Å². The zero-order chi connectivity index (χ0) is 14.5. The number of hydrogen-bond acceptors (Lipinski definition) is 2. The summed E-state index contributed by atoms with van der Waals surface area (Å²) in [4.78, 5) is 0. The Morgan fingerprint density at radius 2 is 1.71 bits per heavy atom. The molecule has 0 aromatic heterocycles. The Kier molecular flexibility index (Phi) is 4.41. The lowest BCUT2D eigenvalue weighted by Gasteiger charge is -2.11. The van der Waals surface area contributed by atoms with Crippen LogP contribution in [0.1, 0.15) is 0 Å². The third-order valence-corrected chi connectivity index (χ3v) is 3.77. The molecule has 0 aliphatic heterocycles. The molecule has 0 saturated carbocycles. The first-order chi connectivity index (χ1) is 10.3. The van der Waals surface area contributed by atoms with E-state index in [0.29, 0.717) is 6.61 Å². The summed E-state index contributed by atoms with van der Waals surface area (Å²) in [6, 6.07) is 22.6. The molecule has 0 unspecified atom stereocenters. The van der Waals surface area contributed by atoms with E-state index in [4.69, 9.17) is 4.74 Å². The smallest absolute Gasteiger partial charge is 0.120 e. The monoisotopic (exact) mass is 341 g/mol. The molecule has 3 heteroatoms. The van der Waals surface area contributed by atoms with Gasteiger partial charge in [-0.15, -0.1) is 0 Å². The average Bonchev–Trinajstić information content (AvgIpc) is 2.52. The number of benzene rings is 3. The summed E-state index contributed by atoms with van der Waals surface area (Å²) in [5.74, 6) is 0.879. The molecule has 3 aromatic rings. The van der Waals surface area contributed by atoms with Gasteiger partial charge in [0.15, 0.2) is 0 Å². The molecular weight excluding hydrogens is 326 g/mol.